The van der Waals surface area contributed by atoms with Gasteiger partial charge in [0.15, 0.2) is 0 Å². The second-order valence-corrected chi connectivity index (χ2v) is 5.11. The summed E-state index contributed by atoms with van der Waals surface area (Å²) in [5.41, 5.74) is 9.53. The number of aryl methyl sites for hydroxylation is 1. The van der Waals surface area contributed by atoms with Gasteiger partial charge in [-0.1, -0.05) is 6.92 Å². The zero-order chi connectivity index (χ0) is 14.6. The largest absolute Gasteiger partial charge is 0.496 e. The van der Waals surface area contributed by atoms with Crippen LogP contribution in [0.3, 0.4) is 0 Å². The highest BCUT2D eigenvalue weighted by Gasteiger charge is 2.14. The third-order valence-corrected chi connectivity index (χ3v) is 3.47. The highest BCUT2D eigenvalue weighted by atomic mass is 16.5. The molecule has 1 atom stereocenters. The molecule has 0 saturated carbocycles. The topological polar surface area (TPSA) is 64.3 Å². The molecule has 1 unspecified atom stereocenters. The lowest BCUT2D eigenvalue weighted by molar-refractivity contribution is -0.116. The van der Waals surface area contributed by atoms with Crippen molar-refractivity contribution in [1.29, 1.82) is 0 Å². The van der Waals surface area contributed by atoms with Crippen LogP contribution in [-0.2, 0) is 4.79 Å². The van der Waals surface area contributed by atoms with Gasteiger partial charge in [0.05, 0.1) is 7.11 Å². The zero-order valence-corrected chi connectivity index (χ0v) is 12.5. The number of ether oxygens (including phenoxy) is 1. The number of hydrogen-bond acceptors (Lipinski definition) is 3. The normalized spacial score (nSPS) is 12.1. The molecule has 0 aliphatic heterocycles. The summed E-state index contributed by atoms with van der Waals surface area (Å²) < 4.78 is 5.32. The molecular formula is C15H24N2O2. The summed E-state index contributed by atoms with van der Waals surface area (Å²) in [5, 5.41) is 2.99. The number of carbonyl (C=O) groups is 1. The third-order valence-electron chi connectivity index (χ3n) is 3.47. The van der Waals surface area contributed by atoms with Gasteiger partial charge in [0.25, 0.3) is 0 Å². The summed E-state index contributed by atoms with van der Waals surface area (Å²) in [5.74, 6) is 1.05. The molecule has 0 aliphatic rings. The molecule has 0 radical (unpaired) electrons. The Morgan fingerprint density at radius 3 is 2.53 bits per heavy atom. The van der Waals surface area contributed by atoms with Crippen molar-refractivity contribution in [3.05, 3.63) is 22.8 Å². The Morgan fingerprint density at radius 1 is 1.37 bits per heavy atom. The Balaban J connectivity index is 2.96. The summed E-state index contributed by atoms with van der Waals surface area (Å²) in [4.78, 5) is 12.0. The van der Waals surface area contributed by atoms with Crippen molar-refractivity contribution in [2.24, 2.45) is 11.7 Å². The maximum absolute atomic E-state index is 12.0. The van der Waals surface area contributed by atoms with Crippen molar-refractivity contribution in [2.45, 2.75) is 34.1 Å². The maximum Gasteiger partial charge on any atom is 0.224 e. The van der Waals surface area contributed by atoms with Gasteiger partial charge >= 0.3 is 0 Å². The smallest absolute Gasteiger partial charge is 0.224 e. The predicted molar refractivity (Wildman–Crippen MR) is 78.7 cm³/mol. The molecular weight excluding hydrogens is 240 g/mol. The first-order valence-corrected chi connectivity index (χ1v) is 6.55. The SMILES string of the molecule is COc1cc(C)c(NC(=O)CC(C)CN)c(C)c1C. The Bertz CT molecular complexity index is 470. The van der Waals surface area contributed by atoms with Crippen molar-refractivity contribution in [3.8, 4) is 5.75 Å². The summed E-state index contributed by atoms with van der Waals surface area (Å²) >= 11 is 0. The lowest BCUT2D eigenvalue weighted by atomic mass is 10.0. The van der Waals surface area contributed by atoms with E-state index in [4.69, 9.17) is 10.5 Å². The number of rotatable bonds is 5. The number of methoxy groups -OCH3 is 1. The minimum absolute atomic E-state index is 0.00807. The summed E-state index contributed by atoms with van der Waals surface area (Å²) in [7, 11) is 1.66. The van der Waals surface area contributed by atoms with E-state index in [0.717, 1.165) is 28.1 Å². The van der Waals surface area contributed by atoms with E-state index in [1.54, 1.807) is 7.11 Å². The van der Waals surface area contributed by atoms with E-state index >= 15 is 0 Å². The van der Waals surface area contributed by atoms with Gasteiger partial charge in [0.2, 0.25) is 5.91 Å². The van der Waals surface area contributed by atoms with Gasteiger partial charge in [-0.3, -0.25) is 4.79 Å². The van der Waals surface area contributed by atoms with Crippen molar-refractivity contribution in [1.82, 2.24) is 0 Å². The minimum atomic E-state index is 0.00807. The number of hydrogen-bond donors (Lipinski definition) is 2. The third kappa shape index (κ3) is 3.70. The molecule has 106 valence electrons. The fourth-order valence-corrected chi connectivity index (χ4v) is 2.04. The molecule has 0 saturated heterocycles. The zero-order valence-electron chi connectivity index (χ0n) is 12.5. The second-order valence-electron chi connectivity index (χ2n) is 5.11. The van der Waals surface area contributed by atoms with Crippen molar-refractivity contribution >= 4 is 11.6 Å². The molecule has 3 N–H and O–H groups in total. The van der Waals surface area contributed by atoms with E-state index in [9.17, 15) is 4.79 Å². The molecule has 0 bridgehead atoms. The number of anilines is 1. The lowest BCUT2D eigenvalue weighted by Gasteiger charge is -2.17. The van der Waals surface area contributed by atoms with E-state index in [1.807, 2.05) is 33.8 Å². The van der Waals surface area contributed by atoms with Crippen LogP contribution < -0.4 is 15.8 Å². The van der Waals surface area contributed by atoms with Crippen LogP contribution in [0.2, 0.25) is 0 Å². The van der Waals surface area contributed by atoms with Gasteiger partial charge in [-0.15, -0.1) is 0 Å². The van der Waals surface area contributed by atoms with Crippen LogP contribution in [0.4, 0.5) is 5.69 Å². The molecule has 0 aliphatic carbocycles. The summed E-state index contributed by atoms with van der Waals surface area (Å²) in [6, 6.07) is 1.95. The van der Waals surface area contributed by atoms with E-state index in [-0.39, 0.29) is 11.8 Å². The fourth-order valence-electron chi connectivity index (χ4n) is 2.04. The molecule has 0 fully saturated rings. The predicted octanol–water partition coefficient (Wildman–Crippen LogP) is 2.54. The summed E-state index contributed by atoms with van der Waals surface area (Å²) in [6.45, 7) is 8.45. The first kappa shape index (κ1) is 15.5. The number of benzene rings is 1. The van der Waals surface area contributed by atoms with Crippen LogP contribution >= 0.6 is 0 Å². The van der Waals surface area contributed by atoms with Crippen molar-refractivity contribution in [3.63, 3.8) is 0 Å². The van der Waals surface area contributed by atoms with Gasteiger partial charge in [-0.2, -0.15) is 0 Å². The van der Waals surface area contributed by atoms with E-state index in [1.165, 1.54) is 0 Å². The molecule has 0 aromatic heterocycles. The van der Waals surface area contributed by atoms with E-state index in [2.05, 4.69) is 5.32 Å². The average Bonchev–Trinajstić information content (AvgIpc) is 2.38. The van der Waals surface area contributed by atoms with Crippen molar-refractivity contribution < 1.29 is 9.53 Å². The van der Waals surface area contributed by atoms with Crippen LogP contribution in [0.15, 0.2) is 6.07 Å². The van der Waals surface area contributed by atoms with Crippen molar-refractivity contribution in [2.75, 3.05) is 19.0 Å². The quantitative estimate of drug-likeness (QED) is 0.859. The standard InChI is InChI=1S/C15H24N2O2/c1-9(8-16)6-14(18)17-15-10(2)7-13(19-5)11(3)12(15)4/h7,9H,6,8,16H2,1-5H3,(H,17,18). The highest BCUT2D eigenvalue weighted by Crippen LogP contribution is 2.31. The molecule has 1 aromatic rings. The number of carbonyl (C=O) groups excluding carboxylic acids is 1. The van der Waals surface area contributed by atoms with Crippen LogP contribution in [0.5, 0.6) is 5.75 Å². The fraction of sp³-hybridized carbons (Fsp3) is 0.533. The first-order chi connectivity index (χ1) is 8.90. The number of nitrogens with two attached hydrogens (primary N) is 1. The summed E-state index contributed by atoms with van der Waals surface area (Å²) in [6.07, 6.45) is 0.445. The Hall–Kier alpha value is -1.55. The Morgan fingerprint density at radius 2 is 2.00 bits per heavy atom. The highest BCUT2D eigenvalue weighted by molar-refractivity contribution is 5.93. The minimum Gasteiger partial charge on any atom is -0.496 e. The molecule has 1 rings (SSSR count). The van der Waals surface area contributed by atoms with E-state index in [0.29, 0.717) is 13.0 Å². The lowest BCUT2D eigenvalue weighted by Crippen LogP contribution is -2.21. The van der Waals surface area contributed by atoms with E-state index < -0.39 is 0 Å². The molecule has 0 spiro atoms. The van der Waals surface area contributed by atoms with Gasteiger partial charge in [-0.05, 0) is 56.0 Å². The second kappa shape index (κ2) is 6.57. The Labute approximate surface area is 115 Å². The molecule has 1 amide bonds. The molecule has 4 heteroatoms. The van der Waals surface area contributed by atoms with Gasteiger partial charge < -0.3 is 15.8 Å². The Kier molecular flexibility index (Phi) is 5.36. The average molecular weight is 264 g/mol. The molecule has 1 aromatic carbocycles. The monoisotopic (exact) mass is 264 g/mol. The number of amides is 1. The van der Waals surface area contributed by atoms with Crippen LogP contribution in [0.1, 0.15) is 30.0 Å². The van der Waals surface area contributed by atoms with Gasteiger partial charge in [0.1, 0.15) is 5.75 Å². The molecule has 19 heavy (non-hydrogen) atoms. The van der Waals surface area contributed by atoms with Gasteiger partial charge in [-0.25, -0.2) is 0 Å². The number of nitrogens with one attached hydrogen (secondary N) is 1. The van der Waals surface area contributed by atoms with Crippen LogP contribution in [-0.4, -0.2) is 19.6 Å². The molecule has 4 nitrogen and oxygen atoms in total. The van der Waals surface area contributed by atoms with Crippen LogP contribution in [0, 0.1) is 26.7 Å². The maximum atomic E-state index is 12.0. The first-order valence-electron chi connectivity index (χ1n) is 6.55. The molecule has 0 heterocycles. The van der Waals surface area contributed by atoms with Gasteiger partial charge in [0, 0.05) is 12.1 Å². The van der Waals surface area contributed by atoms with Crippen LogP contribution in [0.25, 0.3) is 0 Å².